The first-order valence-corrected chi connectivity index (χ1v) is 19.4. The third kappa shape index (κ3) is 11.5. The van der Waals surface area contributed by atoms with Gasteiger partial charge in [0.2, 0.25) is 0 Å². The topological polar surface area (TPSA) is 194 Å². The Labute approximate surface area is 362 Å². The van der Waals surface area contributed by atoms with Crippen molar-refractivity contribution in [2.75, 3.05) is 47.0 Å². The van der Waals surface area contributed by atoms with E-state index in [1.165, 1.54) is 0 Å². The standard InChI is InChI=1S/C24H26N4O4.C23H24N4O3/c1-14(2)19-12-27-16(9-22(19)32-23-13-26-15(3)28-24(23)25)7-8-18-20(30-5)10-17(29-4)11-21(18)31-6;1-14(2)19-12-26-17(8-6-16-7-9-18(28-4)11-20(16)29-5)10-21(19)30-22-13-25-15(3)27-23(22)24/h9-14H,1-6H3,(H2,25,26,28);7,9-14H,1-5H3,(H2,24,25,27). The van der Waals surface area contributed by atoms with E-state index in [-0.39, 0.29) is 23.5 Å². The molecule has 0 aliphatic rings. The van der Waals surface area contributed by atoms with Gasteiger partial charge in [-0.1, -0.05) is 39.5 Å². The molecule has 15 heteroatoms. The molecule has 0 spiro atoms. The molecule has 0 atom stereocenters. The molecule has 0 saturated heterocycles. The van der Waals surface area contributed by atoms with Crippen molar-refractivity contribution in [1.29, 1.82) is 0 Å². The first-order valence-electron chi connectivity index (χ1n) is 19.4. The fourth-order valence-corrected chi connectivity index (χ4v) is 5.71. The molecular weight excluding hydrogens is 789 g/mol. The van der Waals surface area contributed by atoms with E-state index in [1.54, 1.807) is 105 Å². The second-order valence-electron chi connectivity index (χ2n) is 14.0. The summed E-state index contributed by atoms with van der Waals surface area (Å²) >= 11 is 0. The second kappa shape index (κ2) is 21.0. The van der Waals surface area contributed by atoms with Crippen molar-refractivity contribution in [3.05, 3.63) is 113 Å². The minimum Gasteiger partial charge on any atom is -0.497 e. The molecule has 6 aromatic rings. The van der Waals surface area contributed by atoms with Crippen molar-refractivity contribution in [3.63, 3.8) is 0 Å². The van der Waals surface area contributed by atoms with Crippen LogP contribution in [0.4, 0.5) is 11.6 Å². The summed E-state index contributed by atoms with van der Waals surface area (Å²) in [6.07, 6.45) is 6.63. The smallest absolute Gasteiger partial charge is 0.187 e. The molecule has 0 amide bonds. The van der Waals surface area contributed by atoms with Crippen LogP contribution in [0.5, 0.6) is 51.7 Å². The van der Waals surface area contributed by atoms with Gasteiger partial charge < -0.3 is 44.6 Å². The van der Waals surface area contributed by atoms with Crippen molar-refractivity contribution >= 4 is 11.6 Å². The van der Waals surface area contributed by atoms with E-state index in [1.807, 2.05) is 12.1 Å². The van der Waals surface area contributed by atoms with Crippen molar-refractivity contribution in [3.8, 4) is 75.4 Å². The summed E-state index contributed by atoms with van der Waals surface area (Å²) in [6.45, 7) is 11.8. The van der Waals surface area contributed by atoms with Crippen LogP contribution in [-0.2, 0) is 0 Å². The Balaban J connectivity index is 0.000000235. The van der Waals surface area contributed by atoms with Gasteiger partial charge in [-0.25, -0.2) is 29.9 Å². The molecule has 6 rings (SSSR count). The normalized spacial score (nSPS) is 10.3. The number of hydrogen-bond donors (Lipinski definition) is 2. The minimum atomic E-state index is 0.175. The van der Waals surface area contributed by atoms with Crippen LogP contribution in [0.3, 0.4) is 0 Å². The zero-order chi connectivity index (χ0) is 44.9. The van der Waals surface area contributed by atoms with Gasteiger partial charge in [0.25, 0.3) is 0 Å². The molecule has 15 nitrogen and oxygen atoms in total. The zero-order valence-electron chi connectivity index (χ0n) is 36.7. The average molecular weight is 839 g/mol. The van der Waals surface area contributed by atoms with E-state index in [4.69, 9.17) is 44.6 Å². The van der Waals surface area contributed by atoms with Gasteiger partial charge in [-0.3, -0.25) is 0 Å². The summed E-state index contributed by atoms with van der Waals surface area (Å²) in [4.78, 5) is 25.6. The summed E-state index contributed by atoms with van der Waals surface area (Å²) in [6, 6.07) is 12.5. The van der Waals surface area contributed by atoms with Gasteiger partial charge in [0.05, 0.1) is 53.5 Å². The Morgan fingerprint density at radius 3 is 1.34 bits per heavy atom. The highest BCUT2D eigenvalue weighted by atomic mass is 16.5. The molecule has 0 fully saturated rings. The minimum absolute atomic E-state index is 0.175. The van der Waals surface area contributed by atoms with Crippen LogP contribution < -0.4 is 44.6 Å². The van der Waals surface area contributed by atoms with Crippen LogP contribution in [0.25, 0.3) is 0 Å². The molecule has 4 aromatic heterocycles. The lowest BCUT2D eigenvalue weighted by atomic mass is 10.0. The Hall–Kier alpha value is -7.78. The maximum atomic E-state index is 6.05. The lowest BCUT2D eigenvalue weighted by molar-refractivity contribution is 0.374. The molecule has 0 aliphatic heterocycles. The van der Waals surface area contributed by atoms with Crippen molar-refractivity contribution < 1.29 is 33.2 Å². The number of benzene rings is 2. The Morgan fingerprint density at radius 2 is 0.919 bits per heavy atom. The van der Waals surface area contributed by atoms with Crippen molar-refractivity contribution in [2.24, 2.45) is 0 Å². The number of rotatable bonds is 11. The van der Waals surface area contributed by atoms with Gasteiger partial charge in [-0.05, 0) is 49.7 Å². The highest BCUT2D eigenvalue weighted by molar-refractivity contribution is 5.60. The van der Waals surface area contributed by atoms with Crippen LogP contribution >= 0.6 is 0 Å². The second-order valence-corrected chi connectivity index (χ2v) is 14.0. The molecule has 2 aromatic carbocycles. The van der Waals surface area contributed by atoms with Crippen LogP contribution in [0, 0.1) is 37.5 Å². The van der Waals surface area contributed by atoms with Gasteiger partial charge in [-0.2, -0.15) is 0 Å². The number of aromatic nitrogens is 6. The number of methoxy groups -OCH3 is 5. The molecular formula is C47H50N8O7. The predicted octanol–water partition coefficient (Wildman–Crippen LogP) is 8.20. The quantitative estimate of drug-likeness (QED) is 0.119. The van der Waals surface area contributed by atoms with Gasteiger partial charge in [0, 0.05) is 53.9 Å². The SMILES string of the molecule is COc1cc(OC)c(C#Cc2cc(Oc3cnc(C)nc3N)c(C(C)C)cn2)c(OC)c1.COc1ccc(C#Cc2cc(Oc3cnc(C)nc3N)c(C(C)C)cn2)c(OC)c1. The number of nitrogens with two attached hydrogens (primary N) is 2. The van der Waals surface area contributed by atoms with Crippen LogP contribution in [0.1, 0.15) is 84.8 Å². The maximum absolute atomic E-state index is 6.05. The number of nitrogens with zero attached hydrogens (tertiary/aromatic N) is 6. The first kappa shape index (κ1) is 45.3. The van der Waals surface area contributed by atoms with Gasteiger partial charge in [0.15, 0.2) is 23.1 Å². The molecule has 4 heterocycles. The molecule has 0 saturated carbocycles. The third-order valence-corrected chi connectivity index (χ3v) is 9.05. The predicted molar refractivity (Wildman–Crippen MR) is 237 cm³/mol. The van der Waals surface area contributed by atoms with E-state index in [0.29, 0.717) is 80.3 Å². The fourth-order valence-electron chi connectivity index (χ4n) is 5.71. The number of aryl methyl sites for hydroxylation is 2. The lowest BCUT2D eigenvalue weighted by Crippen LogP contribution is -2.02. The highest BCUT2D eigenvalue weighted by Gasteiger charge is 2.16. The molecule has 0 aliphatic carbocycles. The average Bonchev–Trinajstić information content (AvgIpc) is 3.26. The summed E-state index contributed by atoms with van der Waals surface area (Å²) in [5.74, 6) is 19.4. The van der Waals surface area contributed by atoms with Crippen molar-refractivity contribution in [1.82, 2.24) is 29.9 Å². The van der Waals surface area contributed by atoms with E-state index in [0.717, 1.165) is 16.7 Å². The Bertz CT molecular complexity index is 2640. The van der Waals surface area contributed by atoms with E-state index in [2.05, 4.69) is 81.3 Å². The maximum Gasteiger partial charge on any atom is 0.187 e. The van der Waals surface area contributed by atoms with Gasteiger partial charge in [-0.15, -0.1) is 0 Å². The van der Waals surface area contributed by atoms with Crippen LogP contribution in [0.15, 0.2) is 67.3 Å². The van der Waals surface area contributed by atoms with Crippen molar-refractivity contribution in [2.45, 2.75) is 53.4 Å². The number of anilines is 2. The summed E-state index contributed by atoms with van der Waals surface area (Å²) in [7, 11) is 7.90. The zero-order valence-corrected chi connectivity index (χ0v) is 36.7. The Morgan fingerprint density at radius 1 is 0.468 bits per heavy atom. The van der Waals surface area contributed by atoms with E-state index in [9.17, 15) is 0 Å². The van der Waals surface area contributed by atoms with Gasteiger partial charge in [0.1, 0.15) is 68.8 Å². The fraction of sp³-hybridized carbons (Fsp3) is 0.277. The molecule has 62 heavy (non-hydrogen) atoms. The number of nitrogen functional groups attached to an aromatic ring is 2. The number of pyridine rings is 2. The molecule has 0 unspecified atom stereocenters. The summed E-state index contributed by atoms with van der Waals surface area (Å²) < 4.78 is 38.9. The number of hydrogen-bond acceptors (Lipinski definition) is 15. The molecule has 0 radical (unpaired) electrons. The first-order chi connectivity index (χ1) is 29.8. The van der Waals surface area contributed by atoms with E-state index >= 15 is 0 Å². The molecule has 0 bridgehead atoms. The van der Waals surface area contributed by atoms with Gasteiger partial charge >= 0.3 is 0 Å². The van der Waals surface area contributed by atoms with Crippen LogP contribution in [0.2, 0.25) is 0 Å². The highest BCUT2D eigenvalue weighted by Crippen LogP contribution is 2.36. The summed E-state index contributed by atoms with van der Waals surface area (Å²) in [5, 5.41) is 0. The summed E-state index contributed by atoms with van der Waals surface area (Å²) in [5.41, 5.74) is 16.2. The third-order valence-electron chi connectivity index (χ3n) is 9.05. The van der Waals surface area contributed by atoms with Crippen LogP contribution in [-0.4, -0.2) is 65.5 Å². The lowest BCUT2D eigenvalue weighted by Gasteiger charge is -2.14. The Kier molecular flexibility index (Phi) is 15.3. The monoisotopic (exact) mass is 838 g/mol. The number of ether oxygens (including phenoxy) is 7. The molecule has 320 valence electrons. The molecule has 4 N–H and O–H groups in total. The van der Waals surface area contributed by atoms with E-state index < -0.39 is 0 Å². The largest absolute Gasteiger partial charge is 0.497 e.